The van der Waals surface area contributed by atoms with Gasteiger partial charge in [-0.1, -0.05) is 6.07 Å². The van der Waals surface area contributed by atoms with Crippen LogP contribution in [0.5, 0.6) is 5.88 Å². The molecule has 2 aromatic rings. The van der Waals surface area contributed by atoms with Crippen LogP contribution in [0.25, 0.3) is 0 Å². The summed E-state index contributed by atoms with van der Waals surface area (Å²) in [5.74, 6) is 0.994. The van der Waals surface area contributed by atoms with Gasteiger partial charge in [-0.25, -0.2) is 9.78 Å². The minimum absolute atomic E-state index is 0.141. The predicted molar refractivity (Wildman–Crippen MR) is 108 cm³/mol. The van der Waals surface area contributed by atoms with Gasteiger partial charge in [0.1, 0.15) is 5.69 Å². The molecule has 8 heteroatoms. The standard InChI is InChI=1S/C22H25N5O3/c1-14-4-2-5-17(24-14)19(28)25-21-9-15-8-16(10-21)12-22(11-15,13-21)26-20(29)30-18-6-3-7-23-27-18/h2-7,15-16H,8-13H2,1H3,(H,25,28)(H,26,29). The Morgan fingerprint density at radius 1 is 1.03 bits per heavy atom. The van der Waals surface area contributed by atoms with Gasteiger partial charge in [0.25, 0.3) is 5.91 Å². The van der Waals surface area contributed by atoms with Crippen LogP contribution in [0.3, 0.4) is 0 Å². The van der Waals surface area contributed by atoms with E-state index in [2.05, 4.69) is 25.8 Å². The number of amides is 2. The normalized spacial score (nSPS) is 31.2. The number of aryl methyl sites for hydroxylation is 1. The van der Waals surface area contributed by atoms with Gasteiger partial charge in [0.05, 0.1) is 0 Å². The van der Waals surface area contributed by atoms with Gasteiger partial charge in [0.2, 0.25) is 5.88 Å². The van der Waals surface area contributed by atoms with Crippen molar-refractivity contribution in [3.63, 3.8) is 0 Å². The molecule has 4 saturated carbocycles. The molecule has 2 heterocycles. The molecular formula is C22H25N5O3. The van der Waals surface area contributed by atoms with Crippen LogP contribution in [0.1, 0.15) is 54.7 Å². The van der Waals surface area contributed by atoms with E-state index in [-0.39, 0.29) is 22.9 Å². The SMILES string of the molecule is Cc1cccc(C(=O)NC23CC4CC(CC(NC(=O)Oc5cccnn5)(C4)C2)C3)n1. The van der Waals surface area contributed by atoms with Gasteiger partial charge in [-0.3, -0.25) is 4.79 Å². The number of pyridine rings is 1. The Labute approximate surface area is 174 Å². The molecule has 0 radical (unpaired) electrons. The summed E-state index contributed by atoms with van der Waals surface area (Å²) < 4.78 is 5.33. The summed E-state index contributed by atoms with van der Waals surface area (Å²) in [6.07, 6.45) is 6.61. The molecule has 30 heavy (non-hydrogen) atoms. The van der Waals surface area contributed by atoms with Crippen molar-refractivity contribution in [3.05, 3.63) is 47.9 Å². The Bertz CT molecular complexity index is 966. The quantitative estimate of drug-likeness (QED) is 0.807. The summed E-state index contributed by atoms with van der Waals surface area (Å²) in [7, 11) is 0. The smallest absolute Gasteiger partial charge is 0.390 e. The highest BCUT2D eigenvalue weighted by Crippen LogP contribution is 2.57. The van der Waals surface area contributed by atoms with Crippen LogP contribution in [0.2, 0.25) is 0 Å². The van der Waals surface area contributed by atoms with Gasteiger partial charge in [0.15, 0.2) is 0 Å². The molecule has 4 bridgehead atoms. The Kier molecular flexibility index (Phi) is 4.45. The van der Waals surface area contributed by atoms with Gasteiger partial charge in [-0.15, -0.1) is 5.10 Å². The van der Waals surface area contributed by atoms with Crippen LogP contribution < -0.4 is 15.4 Å². The first kappa shape index (κ1) is 19.0. The second kappa shape index (κ2) is 7.04. The van der Waals surface area contributed by atoms with E-state index < -0.39 is 6.09 Å². The Morgan fingerprint density at radius 2 is 1.77 bits per heavy atom. The molecule has 0 aliphatic heterocycles. The summed E-state index contributed by atoms with van der Waals surface area (Å²) in [6.45, 7) is 1.88. The molecule has 2 N–H and O–H groups in total. The molecule has 2 atom stereocenters. The fourth-order valence-corrected chi connectivity index (χ4v) is 6.21. The number of nitrogens with zero attached hydrogens (tertiary/aromatic N) is 3. The minimum atomic E-state index is -0.515. The summed E-state index contributed by atoms with van der Waals surface area (Å²) >= 11 is 0. The second-order valence-electron chi connectivity index (χ2n) is 9.22. The lowest BCUT2D eigenvalue weighted by Gasteiger charge is -2.61. The van der Waals surface area contributed by atoms with E-state index in [0.717, 1.165) is 37.8 Å². The monoisotopic (exact) mass is 407 g/mol. The topological polar surface area (TPSA) is 106 Å². The molecule has 2 amide bonds. The molecular weight excluding hydrogens is 382 g/mol. The van der Waals surface area contributed by atoms with E-state index in [4.69, 9.17) is 4.74 Å². The van der Waals surface area contributed by atoms with Gasteiger partial charge in [-0.05, 0) is 75.5 Å². The maximum absolute atomic E-state index is 12.9. The highest BCUT2D eigenvalue weighted by atomic mass is 16.6. The van der Waals surface area contributed by atoms with Crippen molar-refractivity contribution in [3.8, 4) is 5.88 Å². The number of carbonyl (C=O) groups is 2. The lowest BCUT2D eigenvalue weighted by atomic mass is 9.50. The molecule has 4 aliphatic rings. The van der Waals surface area contributed by atoms with E-state index in [1.165, 1.54) is 6.20 Å². The van der Waals surface area contributed by atoms with Crippen molar-refractivity contribution >= 4 is 12.0 Å². The summed E-state index contributed by atoms with van der Waals surface area (Å²) in [6, 6.07) is 8.74. The zero-order valence-corrected chi connectivity index (χ0v) is 16.9. The number of hydrogen-bond acceptors (Lipinski definition) is 6. The van der Waals surface area contributed by atoms with Crippen LogP contribution >= 0.6 is 0 Å². The van der Waals surface area contributed by atoms with Crippen LogP contribution in [0.4, 0.5) is 4.79 Å². The lowest BCUT2D eigenvalue weighted by Crippen LogP contribution is -2.70. The van der Waals surface area contributed by atoms with Crippen molar-refractivity contribution in [2.45, 2.75) is 56.5 Å². The van der Waals surface area contributed by atoms with E-state index in [0.29, 0.717) is 24.0 Å². The number of rotatable bonds is 4. The third-order valence-corrected chi connectivity index (χ3v) is 6.67. The molecule has 0 saturated heterocycles. The van der Waals surface area contributed by atoms with Crippen molar-refractivity contribution < 1.29 is 14.3 Å². The van der Waals surface area contributed by atoms with E-state index in [1.54, 1.807) is 18.2 Å². The van der Waals surface area contributed by atoms with Crippen LogP contribution in [0, 0.1) is 18.8 Å². The zero-order valence-electron chi connectivity index (χ0n) is 16.9. The van der Waals surface area contributed by atoms with Crippen molar-refractivity contribution in [1.29, 1.82) is 0 Å². The molecule has 4 fully saturated rings. The average molecular weight is 407 g/mol. The summed E-state index contributed by atoms with van der Waals surface area (Å²) in [5.41, 5.74) is 0.580. The first-order chi connectivity index (χ1) is 14.4. The molecule has 8 nitrogen and oxygen atoms in total. The van der Waals surface area contributed by atoms with Crippen molar-refractivity contribution in [1.82, 2.24) is 25.8 Å². The average Bonchev–Trinajstić information content (AvgIpc) is 2.66. The minimum Gasteiger partial charge on any atom is -0.390 e. The highest BCUT2D eigenvalue weighted by Gasteiger charge is 2.59. The maximum atomic E-state index is 12.9. The van der Waals surface area contributed by atoms with Crippen LogP contribution in [0.15, 0.2) is 36.5 Å². The maximum Gasteiger partial charge on any atom is 0.414 e. The number of carbonyl (C=O) groups excluding carboxylic acids is 2. The Hall–Kier alpha value is -3.03. The fourth-order valence-electron chi connectivity index (χ4n) is 6.21. The molecule has 156 valence electrons. The van der Waals surface area contributed by atoms with Gasteiger partial charge in [0, 0.05) is 29.0 Å². The number of ether oxygens (including phenoxy) is 1. The van der Waals surface area contributed by atoms with Crippen molar-refractivity contribution in [2.24, 2.45) is 11.8 Å². The second-order valence-corrected chi connectivity index (χ2v) is 9.22. The largest absolute Gasteiger partial charge is 0.414 e. The fraction of sp³-hybridized carbons (Fsp3) is 0.500. The van der Waals surface area contributed by atoms with Crippen LogP contribution in [-0.2, 0) is 0 Å². The van der Waals surface area contributed by atoms with E-state index >= 15 is 0 Å². The third-order valence-electron chi connectivity index (χ3n) is 6.67. The van der Waals surface area contributed by atoms with Crippen molar-refractivity contribution in [2.75, 3.05) is 0 Å². The number of hydrogen-bond donors (Lipinski definition) is 2. The van der Waals surface area contributed by atoms with Gasteiger partial charge >= 0.3 is 6.09 Å². The number of nitrogens with one attached hydrogen (secondary N) is 2. The first-order valence-corrected chi connectivity index (χ1v) is 10.5. The van der Waals surface area contributed by atoms with Crippen LogP contribution in [-0.4, -0.2) is 38.3 Å². The highest BCUT2D eigenvalue weighted by molar-refractivity contribution is 5.92. The molecule has 2 unspecified atom stereocenters. The summed E-state index contributed by atoms with van der Waals surface area (Å²) in [4.78, 5) is 29.9. The zero-order chi connectivity index (χ0) is 20.8. The molecule has 4 aliphatic carbocycles. The molecule has 0 aromatic carbocycles. The lowest BCUT2D eigenvalue weighted by molar-refractivity contribution is -0.0450. The third kappa shape index (κ3) is 3.62. The number of aromatic nitrogens is 3. The predicted octanol–water partition coefficient (Wildman–Crippen LogP) is 2.79. The molecule has 6 rings (SSSR count). The first-order valence-electron chi connectivity index (χ1n) is 10.5. The molecule has 2 aromatic heterocycles. The van der Waals surface area contributed by atoms with Gasteiger partial charge < -0.3 is 15.4 Å². The Balaban J connectivity index is 1.33. The molecule has 0 spiro atoms. The van der Waals surface area contributed by atoms with E-state index in [9.17, 15) is 9.59 Å². The summed E-state index contributed by atoms with van der Waals surface area (Å²) in [5, 5.41) is 14.0. The Morgan fingerprint density at radius 3 is 2.43 bits per heavy atom. The van der Waals surface area contributed by atoms with E-state index in [1.807, 2.05) is 19.1 Å². The van der Waals surface area contributed by atoms with Gasteiger partial charge in [-0.2, -0.15) is 5.10 Å².